The third-order valence-electron chi connectivity index (χ3n) is 1.16. The fourth-order valence-corrected chi connectivity index (χ4v) is 0.985. The van der Waals surface area contributed by atoms with Crippen LogP contribution in [0.1, 0.15) is 5.56 Å². The van der Waals surface area contributed by atoms with Crippen LogP contribution in [0.3, 0.4) is 0 Å². The van der Waals surface area contributed by atoms with Gasteiger partial charge >= 0.3 is 0 Å². The molecule has 0 heterocycles. The Labute approximate surface area is 70.0 Å². The van der Waals surface area contributed by atoms with Crippen molar-refractivity contribution < 1.29 is 4.18 Å². The number of nitriles is 1. The molecule has 1 rings (SSSR count). The van der Waals surface area contributed by atoms with Crippen molar-refractivity contribution in [2.24, 2.45) is 0 Å². The first-order chi connectivity index (χ1) is 5.36. The quantitative estimate of drug-likeness (QED) is 0.630. The second kappa shape index (κ2) is 3.89. The van der Waals surface area contributed by atoms with E-state index in [2.05, 4.69) is 0 Å². The summed E-state index contributed by atoms with van der Waals surface area (Å²) in [7, 11) is 0. The highest BCUT2D eigenvalue weighted by molar-refractivity contribution is 7.94. The highest BCUT2D eigenvalue weighted by atomic mass is 32.2. The van der Waals surface area contributed by atoms with E-state index in [9.17, 15) is 0 Å². The van der Waals surface area contributed by atoms with Gasteiger partial charge in [0.1, 0.15) is 5.75 Å². The summed E-state index contributed by atoms with van der Waals surface area (Å²) in [5.74, 6) is 0.775. The first-order valence-corrected chi connectivity index (χ1v) is 4.22. The Balaban J connectivity index is 2.76. The number of benzene rings is 1. The molecule has 0 N–H and O–H groups in total. The fourth-order valence-electron chi connectivity index (χ4n) is 0.681. The van der Waals surface area contributed by atoms with Crippen LogP contribution in [0.5, 0.6) is 5.75 Å². The lowest BCUT2D eigenvalue weighted by Crippen LogP contribution is -1.78. The van der Waals surface area contributed by atoms with Gasteiger partial charge < -0.3 is 4.18 Å². The zero-order chi connectivity index (χ0) is 8.10. The van der Waals surface area contributed by atoms with E-state index in [4.69, 9.17) is 9.44 Å². The molecular formula is C8H7NOS. The lowest BCUT2D eigenvalue weighted by molar-refractivity contribution is 0.650. The molecule has 1 aromatic carbocycles. The van der Waals surface area contributed by atoms with Gasteiger partial charge in [0, 0.05) is 6.26 Å². The van der Waals surface area contributed by atoms with Crippen molar-refractivity contribution in [2.45, 2.75) is 0 Å². The zero-order valence-corrected chi connectivity index (χ0v) is 6.89. The second-order valence-electron chi connectivity index (χ2n) is 1.89. The van der Waals surface area contributed by atoms with Crippen molar-refractivity contribution in [3.63, 3.8) is 0 Å². The Hall–Kier alpha value is -1.14. The van der Waals surface area contributed by atoms with E-state index in [-0.39, 0.29) is 0 Å². The van der Waals surface area contributed by atoms with Gasteiger partial charge in [-0.25, -0.2) is 0 Å². The predicted octanol–water partition coefficient (Wildman–Crippen LogP) is 2.22. The normalized spacial score (nSPS) is 8.73. The maximum Gasteiger partial charge on any atom is 0.137 e. The van der Waals surface area contributed by atoms with Crippen LogP contribution in [0.15, 0.2) is 24.3 Å². The van der Waals surface area contributed by atoms with Crippen molar-refractivity contribution in [3.05, 3.63) is 29.8 Å². The van der Waals surface area contributed by atoms with E-state index in [0.29, 0.717) is 5.56 Å². The molecule has 11 heavy (non-hydrogen) atoms. The van der Waals surface area contributed by atoms with Crippen LogP contribution in [0, 0.1) is 11.3 Å². The van der Waals surface area contributed by atoms with E-state index in [1.165, 1.54) is 12.0 Å². The SMILES string of the molecule is CSOc1ccc(C#N)cc1. The molecule has 3 heteroatoms. The molecule has 0 aromatic heterocycles. The van der Waals surface area contributed by atoms with Gasteiger partial charge in [-0.1, -0.05) is 0 Å². The molecule has 0 bridgehead atoms. The first-order valence-electron chi connectivity index (χ1n) is 3.07. The summed E-state index contributed by atoms with van der Waals surface area (Å²) >= 11 is 1.29. The summed E-state index contributed by atoms with van der Waals surface area (Å²) in [5, 5.41) is 8.46. The summed E-state index contributed by atoms with van der Waals surface area (Å²) in [4.78, 5) is 0. The standard InChI is InChI=1S/C8H7NOS/c1-11-10-8-4-2-7(6-9)3-5-8/h2-5H,1H3. The maximum absolute atomic E-state index is 8.46. The Morgan fingerprint density at radius 3 is 2.45 bits per heavy atom. The average Bonchev–Trinajstić information content (AvgIpc) is 2.07. The summed E-state index contributed by atoms with van der Waals surface area (Å²) < 4.78 is 5.11. The molecule has 1 aromatic rings. The van der Waals surface area contributed by atoms with Gasteiger partial charge in [-0.15, -0.1) is 0 Å². The molecule has 56 valence electrons. The van der Waals surface area contributed by atoms with E-state index in [1.54, 1.807) is 24.3 Å². The van der Waals surface area contributed by atoms with Crippen molar-refractivity contribution in [1.29, 1.82) is 5.26 Å². The lowest BCUT2D eigenvalue weighted by atomic mass is 10.2. The minimum absolute atomic E-state index is 0.651. The van der Waals surface area contributed by atoms with Gasteiger partial charge in [-0.05, 0) is 24.3 Å². The molecule has 0 aliphatic heterocycles. The number of rotatable bonds is 2. The Morgan fingerprint density at radius 2 is 2.00 bits per heavy atom. The molecule has 0 radical (unpaired) electrons. The van der Waals surface area contributed by atoms with E-state index in [1.807, 2.05) is 12.3 Å². The van der Waals surface area contributed by atoms with E-state index < -0.39 is 0 Å². The van der Waals surface area contributed by atoms with Gasteiger partial charge in [0.15, 0.2) is 0 Å². The Bertz CT molecular complexity index is 262. The summed E-state index contributed by atoms with van der Waals surface area (Å²) in [6.07, 6.45) is 1.85. The topological polar surface area (TPSA) is 33.0 Å². The van der Waals surface area contributed by atoms with Gasteiger partial charge in [0.05, 0.1) is 23.7 Å². The van der Waals surface area contributed by atoms with Crippen LogP contribution in [-0.2, 0) is 0 Å². The van der Waals surface area contributed by atoms with Crippen LogP contribution in [0.4, 0.5) is 0 Å². The highest BCUT2D eigenvalue weighted by Gasteiger charge is 1.91. The van der Waals surface area contributed by atoms with Gasteiger partial charge in [0.25, 0.3) is 0 Å². The van der Waals surface area contributed by atoms with E-state index >= 15 is 0 Å². The van der Waals surface area contributed by atoms with Crippen LogP contribution < -0.4 is 4.18 Å². The molecule has 0 atom stereocenters. The minimum atomic E-state index is 0.651. The fraction of sp³-hybridized carbons (Fsp3) is 0.125. The Morgan fingerprint density at radius 1 is 1.36 bits per heavy atom. The van der Waals surface area contributed by atoms with Crippen molar-refractivity contribution in [1.82, 2.24) is 0 Å². The summed E-state index contributed by atoms with van der Waals surface area (Å²) in [5.41, 5.74) is 0.651. The summed E-state index contributed by atoms with van der Waals surface area (Å²) in [6.45, 7) is 0. The molecule has 0 spiro atoms. The monoisotopic (exact) mass is 165 g/mol. The predicted molar refractivity (Wildman–Crippen MR) is 45.3 cm³/mol. The highest BCUT2D eigenvalue weighted by Crippen LogP contribution is 2.14. The summed E-state index contributed by atoms with van der Waals surface area (Å²) in [6, 6.07) is 9.04. The van der Waals surface area contributed by atoms with Crippen LogP contribution >= 0.6 is 12.0 Å². The molecular weight excluding hydrogens is 158 g/mol. The second-order valence-corrected chi connectivity index (χ2v) is 2.39. The minimum Gasteiger partial charge on any atom is -0.426 e. The zero-order valence-electron chi connectivity index (χ0n) is 6.07. The number of nitrogens with zero attached hydrogens (tertiary/aromatic N) is 1. The smallest absolute Gasteiger partial charge is 0.137 e. The first kappa shape index (κ1) is 7.96. The van der Waals surface area contributed by atoms with Crippen molar-refractivity contribution >= 4 is 12.0 Å². The van der Waals surface area contributed by atoms with Crippen LogP contribution in [0.2, 0.25) is 0 Å². The lowest BCUT2D eigenvalue weighted by Gasteiger charge is -1.98. The molecule has 0 saturated carbocycles. The largest absolute Gasteiger partial charge is 0.426 e. The number of hydrogen-bond acceptors (Lipinski definition) is 3. The van der Waals surface area contributed by atoms with Crippen LogP contribution in [0.25, 0.3) is 0 Å². The third kappa shape index (κ3) is 2.17. The average molecular weight is 165 g/mol. The number of hydrogen-bond donors (Lipinski definition) is 0. The molecule has 0 saturated heterocycles. The van der Waals surface area contributed by atoms with Gasteiger partial charge in [-0.2, -0.15) is 5.26 Å². The molecule has 0 amide bonds. The van der Waals surface area contributed by atoms with Crippen LogP contribution in [-0.4, -0.2) is 6.26 Å². The van der Waals surface area contributed by atoms with Gasteiger partial charge in [0.2, 0.25) is 0 Å². The Kier molecular flexibility index (Phi) is 2.82. The molecule has 2 nitrogen and oxygen atoms in total. The maximum atomic E-state index is 8.46. The molecule has 0 aliphatic carbocycles. The molecule has 0 unspecified atom stereocenters. The van der Waals surface area contributed by atoms with E-state index in [0.717, 1.165) is 5.75 Å². The molecule has 0 fully saturated rings. The third-order valence-corrected chi connectivity index (χ3v) is 1.52. The van der Waals surface area contributed by atoms with Crippen molar-refractivity contribution in [2.75, 3.05) is 6.26 Å². The van der Waals surface area contributed by atoms with Crippen molar-refractivity contribution in [3.8, 4) is 11.8 Å². The molecule has 0 aliphatic rings. The van der Waals surface area contributed by atoms with Gasteiger partial charge in [-0.3, -0.25) is 0 Å².